The number of benzene rings is 1. The van der Waals surface area contributed by atoms with Gasteiger partial charge in [-0.15, -0.1) is 0 Å². The lowest BCUT2D eigenvalue weighted by molar-refractivity contribution is -0.153. The van der Waals surface area contributed by atoms with E-state index in [1.807, 2.05) is 6.92 Å². The Balaban J connectivity index is 2.82. The molecule has 0 spiro atoms. The van der Waals surface area contributed by atoms with Gasteiger partial charge < -0.3 is 9.47 Å². The molecule has 0 aromatic heterocycles. The smallest absolute Gasteiger partial charge is 0.337 e. The van der Waals surface area contributed by atoms with Crippen molar-refractivity contribution in [2.24, 2.45) is 5.92 Å². The maximum absolute atomic E-state index is 11.6. The summed E-state index contributed by atoms with van der Waals surface area (Å²) in [5.41, 5.74) is 1.36. The maximum atomic E-state index is 11.6. The Morgan fingerprint density at radius 1 is 1.16 bits per heavy atom. The predicted octanol–water partition coefficient (Wildman–Crippen LogP) is 3.12. The van der Waals surface area contributed by atoms with Crippen molar-refractivity contribution >= 4 is 11.9 Å². The molecular weight excluding hydrogens is 244 g/mol. The molecule has 0 radical (unpaired) electrons. The van der Waals surface area contributed by atoms with E-state index in [1.54, 1.807) is 38.1 Å². The largest absolute Gasteiger partial charge is 0.465 e. The molecule has 0 bridgehead atoms. The molecule has 0 fully saturated rings. The van der Waals surface area contributed by atoms with Gasteiger partial charge >= 0.3 is 11.9 Å². The number of esters is 2. The Hall–Kier alpha value is -1.84. The van der Waals surface area contributed by atoms with Gasteiger partial charge in [-0.2, -0.15) is 0 Å². The van der Waals surface area contributed by atoms with Crippen LogP contribution >= 0.6 is 0 Å². The highest BCUT2D eigenvalue weighted by Gasteiger charge is 2.17. The summed E-state index contributed by atoms with van der Waals surface area (Å²) >= 11 is 0. The van der Waals surface area contributed by atoms with Gasteiger partial charge in [0.2, 0.25) is 0 Å². The monoisotopic (exact) mass is 264 g/mol. The van der Waals surface area contributed by atoms with Gasteiger partial charge in [0.05, 0.1) is 18.6 Å². The molecule has 0 saturated carbocycles. The van der Waals surface area contributed by atoms with E-state index in [-0.39, 0.29) is 24.0 Å². The van der Waals surface area contributed by atoms with Crippen molar-refractivity contribution in [1.29, 1.82) is 0 Å². The summed E-state index contributed by atoms with van der Waals surface area (Å²) in [4.78, 5) is 22.9. The molecule has 0 aliphatic rings. The zero-order valence-electron chi connectivity index (χ0n) is 11.8. The first kappa shape index (κ1) is 15.2. The molecule has 1 aromatic rings. The molecule has 0 aliphatic carbocycles. The Kier molecular flexibility index (Phi) is 5.55. The number of carbonyl (C=O) groups excluding carboxylic acids is 2. The second-order valence-electron chi connectivity index (χ2n) is 4.60. The Labute approximate surface area is 113 Å². The lowest BCUT2D eigenvalue weighted by Crippen LogP contribution is -2.16. The van der Waals surface area contributed by atoms with Crippen LogP contribution in [-0.2, 0) is 14.3 Å². The fourth-order valence-electron chi connectivity index (χ4n) is 1.62. The van der Waals surface area contributed by atoms with Gasteiger partial charge in [0.1, 0.15) is 6.10 Å². The van der Waals surface area contributed by atoms with E-state index in [0.29, 0.717) is 12.0 Å². The average molecular weight is 264 g/mol. The second kappa shape index (κ2) is 6.92. The normalized spacial score (nSPS) is 12.1. The molecular formula is C15H20O4. The Morgan fingerprint density at radius 3 is 2.16 bits per heavy atom. The van der Waals surface area contributed by atoms with E-state index in [1.165, 1.54) is 7.11 Å². The summed E-state index contributed by atoms with van der Waals surface area (Å²) in [6, 6.07) is 6.92. The third-order valence-electron chi connectivity index (χ3n) is 2.80. The molecule has 0 amide bonds. The molecule has 1 atom stereocenters. The standard InChI is InChI=1S/C15H20O4/c1-5-13(19-14(16)10(2)3)11-6-8-12(9-7-11)15(17)18-4/h6-10,13H,5H2,1-4H3/t13-/m0/s1. The number of rotatable bonds is 5. The van der Waals surface area contributed by atoms with Gasteiger partial charge in [-0.25, -0.2) is 4.79 Å². The first-order valence-corrected chi connectivity index (χ1v) is 6.38. The molecule has 0 aliphatic heterocycles. The van der Waals surface area contributed by atoms with Gasteiger partial charge in [-0.3, -0.25) is 4.79 Å². The van der Waals surface area contributed by atoms with Crippen LogP contribution in [0.15, 0.2) is 24.3 Å². The van der Waals surface area contributed by atoms with Crippen molar-refractivity contribution in [2.45, 2.75) is 33.3 Å². The molecule has 0 heterocycles. The van der Waals surface area contributed by atoms with Gasteiger partial charge in [0.15, 0.2) is 0 Å². The Bertz CT molecular complexity index is 434. The highest BCUT2D eigenvalue weighted by molar-refractivity contribution is 5.89. The lowest BCUT2D eigenvalue weighted by Gasteiger charge is -2.18. The number of ether oxygens (including phenoxy) is 2. The van der Waals surface area contributed by atoms with Crippen molar-refractivity contribution in [1.82, 2.24) is 0 Å². The van der Waals surface area contributed by atoms with Gasteiger partial charge in [0, 0.05) is 0 Å². The molecule has 19 heavy (non-hydrogen) atoms. The summed E-state index contributed by atoms with van der Waals surface area (Å²) in [6.45, 7) is 5.55. The van der Waals surface area contributed by atoms with Crippen LogP contribution < -0.4 is 0 Å². The molecule has 4 nitrogen and oxygen atoms in total. The average Bonchev–Trinajstić information content (AvgIpc) is 2.43. The zero-order chi connectivity index (χ0) is 14.4. The molecule has 0 saturated heterocycles. The van der Waals surface area contributed by atoms with Gasteiger partial charge in [0.25, 0.3) is 0 Å². The molecule has 1 aromatic carbocycles. The number of hydrogen-bond acceptors (Lipinski definition) is 4. The number of methoxy groups -OCH3 is 1. The fraction of sp³-hybridized carbons (Fsp3) is 0.467. The van der Waals surface area contributed by atoms with Crippen molar-refractivity contribution in [3.8, 4) is 0 Å². The highest BCUT2D eigenvalue weighted by Crippen LogP contribution is 2.23. The summed E-state index contributed by atoms with van der Waals surface area (Å²) < 4.78 is 10.1. The van der Waals surface area contributed by atoms with Crippen LogP contribution in [0.2, 0.25) is 0 Å². The third-order valence-corrected chi connectivity index (χ3v) is 2.80. The Morgan fingerprint density at radius 2 is 1.74 bits per heavy atom. The SMILES string of the molecule is CC[C@H](OC(=O)C(C)C)c1ccc(C(=O)OC)cc1. The quantitative estimate of drug-likeness (QED) is 0.767. The number of hydrogen-bond donors (Lipinski definition) is 0. The van der Waals surface area contributed by atoms with E-state index in [2.05, 4.69) is 4.74 Å². The zero-order valence-corrected chi connectivity index (χ0v) is 11.8. The highest BCUT2D eigenvalue weighted by atomic mass is 16.5. The van der Waals surface area contributed by atoms with Crippen molar-refractivity contribution in [3.05, 3.63) is 35.4 Å². The molecule has 0 unspecified atom stereocenters. The van der Waals surface area contributed by atoms with E-state index in [0.717, 1.165) is 5.56 Å². The molecule has 4 heteroatoms. The first-order chi connectivity index (χ1) is 8.99. The summed E-state index contributed by atoms with van der Waals surface area (Å²) in [5.74, 6) is -0.744. The summed E-state index contributed by atoms with van der Waals surface area (Å²) in [6.07, 6.45) is 0.414. The van der Waals surface area contributed by atoms with Crippen molar-refractivity contribution in [3.63, 3.8) is 0 Å². The summed E-state index contributed by atoms with van der Waals surface area (Å²) in [7, 11) is 1.34. The number of carbonyl (C=O) groups is 2. The minimum absolute atomic E-state index is 0.150. The van der Waals surface area contributed by atoms with Crippen LogP contribution in [0.25, 0.3) is 0 Å². The topological polar surface area (TPSA) is 52.6 Å². The van der Waals surface area contributed by atoms with Gasteiger partial charge in [-0.1, -0.05) is 32.9 Å². The van der Waals surface area contributed by atoms with E-state index in [4.69, 9.17) is 4.74 Å². The molecule has 1 rings (SSSR count). The molecule has 0 N–H and O–H groups in total. The van der Waals surface area contributed by atoms with Crippen LogP contribution in [0.5, 0.6) is 0 Å². The third kappa shape index (κ3) is 4.09. The van der Waals surface area contributed by atoms with Crippen LogP contribution in [0.1, 0.15) is 49.2 Å². The van der Waals surface area contributed by atoms with Crippen LogP contribution in [0.3, 0.4) is 0 Å². The summed E-state index contributed by atoms with van der Waals surface area (Å²) in [5, 5.41) is 0. The fourth-order valence-corrected chi connectivity index (χ4v) is 1.62. The van der Waals surface area contributed by atoms with Crippen molar-refractivity contribution in [2.75, 3.05) is 7.11 Å². The van der Waals surface area contributed by atoms with E-state index < -0.39 is 0 Å². The molecule has 104 valence electrons. The van der Waals surface area contributed by atoms with Crippen LogP contribution in [0.4, 0.5) is 0 Å². The van der Waals surface area contributed by atoms with Crippen molar-refractivity contribution < 1.29 is 19.1 Å². The minimum Gasteiger partial charge on any atom is -0.465 e. The first-order valence-electron chi connectivity index (χ1n) is 6.38. The lowest BCUT2D eigenvalue weighted by atomic mass is 10.0. The van der Waals surface area contributed by atoms with Gasteiger partial charge in [-0.05, 0) is 24.1 Å². The van der Waals surface area contributed by atoms with Crippen LogP contribution in [-0.4, -0.2) is 19.0 Å². The predicted molar refractivity (Wildman–Crippen MR) is 71.7 cm³/mol. The van der Waals surface area contributed by atoms with E-state index in [9.17, 15) is 9.59 Å². The maximum Gasteiger partial charge on any atom is 0.337 e. The van der Waals surface area contributed by atoms with Crippen LogP contribution in [0, 0.1) is 5.92 Å². The second-order valence-corrected chi connectivity index (χ2v) is 4.60. The minimum atomic E-state index is -0.376. The van der Waals surface area contributed by atoms with E-state index >= 15 is 0 Å².